The van der Waals surface area contributed by atoms with Crippen LogP contribution in [0.5, 0.6) is 0 Å². The van der Waals surface area contributed by atoms with Gasteiger partial charge < -0.3 is 18.2 Å². The van der Waals surface area contributed by atoms with Gasteiger partial charge in [-0.1, -0.05) is 113 Å². The van der Waals surface area contributed by atoms with E-state index in [0.717, 1.165) is 43.9 Å². The minimum atomic E-state index is -0.140. The fourth-order valence-electron chi connectivity index (χ4n) is 11.7. The summed E-state index contributed by atoms with van der Waals surface area (Å²) in [5, 5.41) is 7.03. The highest BCUT2D eigenvalue weighted by molar-refractivity contribution is 6.94. The summed E-state index contributed by atoms with van der Waals surface area (Å²) in [6.07, 6.45) is 0. The van der Waals surface area contributed by atoms with Gasteiger partial charge >= 0.3 is 6.85 Å². The van der Waals surface area contributed by atoms with Crippen LogP contribution in [0.15, 0.2) is 148 Å². The minimum absolute atomic E-state index is 0.0283. The molecule has 61 heavy (non-hydrogen) atoms. The number of aryl methyl sites for hydroxylation is 1. The number of nitrogens with zero attached hydrogens (tertiary/aromatic N) is 2. The van der Waals surface area contributed by atoms with Crippen molar-refractivity contribution in [3.05, 3.63) is 162 Å². The smallest absolute Gasteiger partial charge is 0.333 e. The molecule has 0 amide bonds. The highest BCUT2D eigenvalue weighted by atomic mass is 16.3. The van der Waals surface area contributed by atoms with Crippen molar-refractivity contribution >= 4 is 94.8 Å². The summed E-state index contributed by atoms with van der Waals surface area (Å²) < 4.78 is 15.9. The maximum Gasteiger partial charge on any atom is 0.333 e. The highest BCUT2D eigenvalue weighted by Gasteiger charge is 2.46. The van der Waals surface area contributed by atoms with Crippen LogP contribution < -0.4 is 15.7 Å². The van der Waals surface area contributed by atoms with E-state index in [1.165, 1.54) is 94.3 Å². The molecule has 5 heterocycles. The van der Waals surface area contributed by atoms with Gasteiger partial charge in [0, 0.05) is 60.4 Å². The molecular formula is C56H41BN2O2. The van der Waals surface area contributed by atoms with E-state index in [0.29, 0.717) is 0 Å². The van der Waals surface area contributed by atoms with E-state index in [2.05, 4.69) is 190 Å². The second-order valence-corrected chi connectivity index (χ2v) is 19.3. The Morgan fingerprint density at radius 2 is 1.21 bits per heavy atom. The molecule has 0 saturated heterocycles. The van der Waals surface area contributed by atoms with Crippen LogP contribution in [-0.4, -0.2) is 11.4 Å². The van der Waals surface area contributed by atoms with Gasteiger partial charge in [-0.15, -0.1) is 0 Å². The summed E-state index contributed by atoms with van der Waals surface area (Å²) >= 11 is 0. The summed E-state index contributed by atoms with van der Waals surface area (Å²) in [7, 11) is 0. The SMILES string of the molecule is Cc1cc2c3c4c1c1cc5oc6ccccc6c5cc1n4-c1cc4c(cc1B3N(c1ccc(C(C)(C)C)cc1)c1cc3c(cc1-2)C(C)(C)c1ccccc1-3)oc1ccccc14. The van der Waals surface area contributed by atoms with Crippen LogP contribution in [0, 0.1) is 6.92 Å². The van der Waals surface area contributed by atoms with E-state index in [1.54, 1.807) is 0 Å². The van der Waals surface area contributed by atoms with Gasteiger partial charge in [0.15, 0.2) is 0 Å². The molecule has 0 N–H and O–H groups in total. The molecule has 3 aromatic heterocycles. The van der Waals surface area contributed by atoms with E-state index >= 15 is 0 Å². The topological polar surface area (TPSA) is 34.5 Å². The highest BCUT2D eigenvalue weighted by Crippen LogP contribution is 2.55. The summed E-state index contributed by atoms with van der Waals surface area (Å²) in [5.41, 5.74) is 22.7. The molecule has 14 rings (SSSR count). The molecule has 11 aromatic rings. The van der Waals surface area contributed by atoms with Crippen LogP contribution in [-0.2, 0) is 10.8 Å². The van der Waals surface area contributed by atoms with E-state index in [1.807, 2.05) is 0 Å². The Morgan fingerprint density at radius 3 is 1.95 bits per heavy atom. The van der Waals surface area contributed by atoms with Crippen LogP contribution >= 0.6 is 0 Å². The summed E-state index contributed by atoms with van der Waals surface area (Å²) in [6, 6.07) is 52.3. The van der Waals surface area contributed by atoms with Crippen LogP contribution in [0.2, 0.25) is 0 Å². The van der Waals surface area contributed by atoms with Crippen molar-refractivity contribution in [2.75, 3.05) is 4.81 Å². The number of aromatic nitrogens is 1. The lowest BCUT2D eigenvalue weighted by Crippen LogP contribution is -2.60. The number of anilines is 2. The number of fused-ring (bicyclic) bond motifs is 17. The molecule has 290 valence electrons. The van der Waals surface area contributed by atoms with Crippen LogP contribution in [0.4, 0.5) is 11.4 Å². The van der Waals surface area contributed by atoms with Crippen molar-refractivity contribution < 1.29 is 8.83 Å². The van der Waals surface area contributed by atoms with Crippen molar-refractivity contribution in [2.24, 2.45) is 0 Å². The lowest BCUT2D eigenvalue weighted by molar-refractivity contribution is 0.590. The first kappa shape index (κ1) is 33.8. The number of furan rings is 2. The standard InChI is InChI=1S/C56H41BN2O2/c1-30-23-40-37-24-43-36(33-13-7-10-16-42(33)56(43,5)6)25-46(37)59(32-21-19-31(20-22-32)55(2,3)4)57-44-29-51-39(35-15-9-12-18-49(35)61-51)27-47(44)58-45-26-38-34-14-8-11-17-48(34)60-50(38)28-41(45)52(30)54(58)53(40)57/h7-29H,1-6H3. The normalized spacial score (nSPS) is 14.8. The summed E-state index contributed by atoms with van der Waals surface area (Å²) in [5.74, 6) is 0. The zero-order valence-corrected chi connectivity index (χ0v) is 35.1. The zero-order valence-electron chi connectivity index (χ0n) is 35.1. The second-order valence-electron chi connectivity index (χ2n) is 19.3. The zero-order chi connectivity index (χ0) is 40.8. The molecule has 0 atom stereocenters. The van der Waals surface area contributed by atoms with Gasteiger partial charge in [-0.2, -0.15) is 0 Å². The molecule has 0 saturated carbocycles. The Bertz CT molecular complexity index is 3800. The van der Waals surface area contributed by atoms with E-state index in [-0.39, 0.29) is 17.7 Å². The molecule has 5 heteroatoms. The molecule has 0 unspecified atom stereocenters. The minimum Gasteiger partial charge on any atom is -0.456 e. The van der Waals surface area contributed by atoms with Crippen molar-refractivity contribution in [2.45, 2.75) is 52.4 Å². The van der Waals surface area contributed by atoms with Crippen LogP contribution in [0.3, 0.4) is 0 Å². The lowest BCUT2D eigenvalue weighted by Gasteiger charge is -2.42. The molecular weight excluding hydrogens is 743 g/mol. The summed E-state index contributed by atoms with van der Waals surface area (Å²) in [6.45, 7) is 13.8. The fraction of sp³-hybridized carbons (Fsp3) is 0.143. The number of rotatable bonds is 1. The van der Waals surface area contributed by atoms with Crippen LogP contribution in [0.1, 0.15) is 56.9 Å². The predicted molar refractivity (Wildman–Crippen MR) is 255 cm³/mol. The number of hydrogen-bond acceptors (Lipinski definition) is 3. The van der Waals surface area contributed by atoms with Gasteiger partial charge in [0.2, 0.25) is 0 Å². The Kier molecular flexibility index (Phi) is 6.12. The van der Waals surface area contributed by atoms with Gasteiger partial charge in [0.1, 0.15) is 22.3 Å². The first-order chi connectivity index (χ1) is 29.5. The monoisotopic (exact) mass is 784 g/mol. The first-order valence-corrected chi connectivity index (χ1v) is 21.6. The lowest BCUT2D eigenvalue weighted by atomic mass is 9.43. The molecule has 0 fully saturated rings. The molecule has 0 spiro atoms. The maximum absolute atomic E-state index is 6.75. The fourth-order valence-corrected chi connectivity index (χ4v) is 11.7. The van der Waals surface area contributed by atoms with Crippen molar-refractivity contribution in [3.63, 3.8) is 0 Å². The molecule has 4 nitrogen and oxygen atoms in total. The number of hydrogen-bond donors (Lipinski definition) is 0. The largest absolute Gasteiger partial charge is 0.456 e. The molecule has 0 bridgehead atoms. The molecule has 8 aromatic carbocycles. The third kappa shape index (κ3) is 4.17. The van der Waals surface area contributed by atoms with Crippen molar-refractivity contribution in [3.8, 4) is 27.9 Å². The van der Waals surface area contributed by atoms with Gasteiger partial charge in [-0.3, -0.25) is 0 Å². The number of para-hydroxylation sites is 2. The molecule has 3 aliphatic rings. The third-order valence-electron chi connectivity index (χ3n) is 14.6. The van der Waals surface area contributed by atoms with E-state index < -0.39 is 0 Å². The third-order valence-corrected chi connectivity index (χ3v) is 14.6. The Morgan fingerprint density at radius 1 is 0.541 bits per heavy atom. The quantitative estimate of drug-likeness (QED) is 0.156. The van der Waals surface area contributed by atoms with Gasteiger partial charge in [-0.05, 0) is 123 Å². The van der Waals surface area contributed by atoms with Crippen LogP contribution in [0.25, 0.3) is 93.6 Å². The Labute approximate surface area is 353 Å². The molecule has 0 radical (unpaired) electrons. The predicted octanol–water partition coefficient (Wildman–Crippen LogP) is 13.7. The van der Waals surface area contributed by atoms with E-state index in [4.69, 9.17) is 8.83 Å². The second kappa shape index (κ2) is 11.0. The van der Waals surface area contributed by atoms with Crippen molar-refractivity contribution in [1.29, 1.82) is 0 Å². The van der Waals surface area contributed by atoms with E-state index in [9.17, 15) is 0 Å². The number of benzene rings is 8. The average molecular weight is 785 g/mol. The average Bonchev–Trinajstić information content (AvgIpc) is 3.98. The van der Waals surface area contributed by atoms with Gasteiger partial charge in [-0.25, -0.2) is 0 Å². The molecule has 2 aliphatic heterocycles. The van der Waals surface area contributed by atoms with Crippen molar-refractivity contribution in [1.82, 2.24) is 4.57 Å². The van der Waals surface area contributed by atoms with Gasteiger partial charge in [0.25, 0.3) is 0 Å². The Hall–Kier alpha value is -6.98. The van der Waals surface area contributed by atoms with Gasteiger partial charge in [0.05, 0.1) is 11.0 Å². The summed E-state index contributed by atoms with van der Waals surface area (Å²) in [4.78, 5) is 2.65. The Balaban J connectivity index is 1.18. The maximum atomic E-state index is 6.75. The molecule has 1 aliphatic carbocycles. The first-order valence-electron chi connectivity index (χ1n) is 21.6.